The van der Waals surface area contributed by atoms with Gasteiger partial charge in [-0.05, 0) is 44.0 Å². The smallest absolute Gasteiger partial charge is 0.411 e. The predicted molar refractivity (Wildman–Crippen MR) is 94.9 cm³/mol. The monoisotopic (exact) mass is 385 g/mol. The number of carbonyl (C=O) groups is 2. The first-order valence-electron chi connectivity index (χ1n) is 7.98. The second kappa shape index (κ2) is 7.12. The lowest BCUT2D eigenvalue weighted by Crippen LogP contribution is -2.53. The van der Waals surface area contributed by atoms with E-state index in [0.717, 1.165) is 5.56 Å². The highest BCUT2D eigenvalue weighted by Crippen LogP contribution is 2.28. The highest BCUT2D eigenvalue weighted by molar-refractivity contribution is 7.87. The number of anilines is 1. The minimum atomic E-state index is -4.41. The zero-order valence-electron chi connectivity index (χ0n) is 15.1. The largest absolute Gasteiger partial charge is 0.444 e. The first kappa shape index (κ1) is 20.0. The van der Waals surface area contributed by atoms with Crippen LogP contribution in [0.1, 0.15) is 31.9 Å². The maximum Gasteiger partial charge on any atom is 0.411 e. The summed E-state index contributed by atoms with van der Waals surface area (Å²) in [5.41, 5.74) is 0.900. The molecule has 1 aromatic rings. The number of fused-ring (bicyclic) bond motifs is 1. The van der Waals surface area contributed by atoms with E-state index < -0.39 is 28.0 Å². The quantitative estimate of drug-likeness (QED) is 0.674. The van der Waals surface area contributed by atoms with Crippen LogP contribution < -0.4 is 10.0 Å². The van der Waals surface area contributed by atoms with Crippen LogP contribution in [-0.4, -0.2) is 48.6 Å². The molecule has 0 aliphatic carbocycles. The van der Waals surface area contributed by atoms with Crippen LogP contribution in [0.5, 0.6) is 0 Å². The number of nitrogens with zero attached hydrogens (tertiary/aromatic N) is 1. The number of amides is 2. The van der Waals surface area contributed by atoms with Crippen LogP contribution in [0, 0.1) is 0 Å². The Morgan fingerprint density at radius 1 is 1.27 bits per heavy atom. The van der Waals surface area contributed by atoms with Crippen molar-refractivity contribution in [1.29, 1.82) is 0 Å². The number of hydrogen-bond donors (Lipinski definition) is 3. The van der Waals surface area contributed by atoms with Crippen LogP contribution in [0.15, 0.2) is 18.2 Å². The molecule has 0 saturated heterocycles. The van der Waals surface area contributed by atoms with E-state index in [-0.39, 0.29) is 24.6 Å². The molecule has 9 nitrogen and oxygen atoms in total. The number of likely N-dealkylation sites (N-methyl/N-ethyl adjacent to an activating group) is 1. The highest BCUT2D eigenvalue weighted by Gasteiger charge is 2.36. The van der Waals surface area contributed by atoms with Gasteiger partial charge in [-0.1, -0.05) is 6.07 Å². The molecule has 1 aliphatic heterocycles. The lowest BCUT2D eigenvalue weighted by Gasteiger charge is -2.36. The fraction of sp³-hybridized carbons (Fsp3) is 0.500. The Labute approximate surface area is 152 Å². The van der Waals surface area contributed by atoms with Gasteiger partial charge < -0.3 is 10.1 Å². The molecule has 1 atom stereocenters. The summed E-state index contributed by atoms with van der Waals surface area (Å²) in [5.74, 6) is -0.318. The summed E-state index contributed by atoms with van der Waals surface area (Å²) in [5, 5.41) is 2.54. The first-order chi connectivity index (χ1) is 11.9. The first-order valence-corrected chi connectivity index (χ1v) is 9.42. The zero-order chi connectivity index (χ0) is 19.7. The Morgan fingerprint density at radius 3 is 2.46 bits per heavy atom. The SMILES string of the molecule is CNC(=O)[C@@H]1Cc2ccc(NS(=O)(=O)O)cc2CN1C(=O)OC(C)(C)C. The molecule has 0 spiro atoms. The molecule has 0 aromatic heterocycles. The topological polar surface area (TPSA) is 125 Å². The van der Waals surface area contributed by atoms with E-state index in [1.54, 1.807) is 26.8 Å². The van der Waals surface area contributed by atoms with Crippen molar-refractivity contribution < 1.29 is 27.3 Å². The number of benzene rings is 1. The Balaban J connectivity index is 2.35. The van der Waals surface area contributed by atoms with Crippen LogP contribution in [-0.2, 0) is 32.8 Å². The van der Waals surface area contributed by atoms with Crippen molar-refractivity contribution >= 4 is 28.0 Å². The summed E-state index contributed by atoms with van der Waals surface area (Å²) in [6, 6.07) is 3.92. The number of carbonyl (C=O) groups excluding carboxylic acids is 2. The molecule has 3 N–H and O–H groups in total. The van der Waals surface area contributed by atoms with Gasteiger partial charge in [0.1, 0.15) is 11.6 Å². The average Bonchev–Trinajstić information content (AvgIpc) is 2.49. The molecule has 0 unspecified atom stereocenters. The van der Waals surface area contributed by atoms with Gasteiger partial charge in [-0.25, -0.2) is 4.79 Å². The Hall–Kier alpha value is -2.33. The molecule has 0 saturated carbocycles. The van der Waals surface area contributed by atoms with Crippen molar-refractivity contribution in [1.82, 2.24) is 10.2 Å². The molecule has 2 rings (SSSR count). The fourth-order valence-electron chi connectivity index (χ4n) is 2.71. The molecular formula is C16H23N3O6S. The van der Waals surface area contributed by atoms with Gasteiger partial charge in [-0.2, -0.15) is 8.42 Å². The fourth-order valence-corrected chi connectivity index (χ4v) is 3.13. The van der Waals surface area contributed by atoms with Crippen LogP contribution in [0.2, 0.25) is 0 Å². The second-order valence-corrected chi connectivity index (χ2v) is 8.16. The maximum absolute atomic E-state index is 12.5. The van der Waals surface area contributed by atoms with Crippen molar-refractivity contribution in [3.8, 4) is 0 Å². The van der Waals surface area contributed by atoms with Crippen molar-refractivity contribution in [3.05, 3.63) is 29.3 Å². The summed E-state index contributed by atoms with van der Waals surface area (Å²) in [6.07, 6.45) is -0.370. The van der Waals surface area contributed by atoms with E-state index in [9.17, 15) is 18.0 Å². The highest BCUT2D eigenvalue weighted by atomic mass is 32.2. The molecule has 0 fully saturated rings. The van der Waals surface area contributed by atoms with Gasteiger partial charge in [-0.15, -0.1) is 0 Å². The van der Waals surface area contributed by atoms with Crippen molar-refractivity contribution in [2.24, 2.45) is 0 Å². The van der Waals surface area contributed by atoms with Gasteiger partial charge in [0.2, 0.25) is 5.91 Å². The minimum Gasteiger partial charge on any atom is -0.444 e. The molecule has 1 heterocycles. The lowest BCUT2D eigenvalue weighted by atomic mass is 9.93. The third-order valence-electron chi connectivity index (χ3n) is 3.76. The van der Waals surface area contributed by atoms with E-state index in [2.05, 4.69) is 5.32 Å². The number of nitrogens with one attached hydrogen (secondary N) is 2. The van der Waals surface area contributed by atoms with E-state index in [1.807, 2.05) is 4.72 Å². The van der Waals surface area contributed by atoms with Gasteiger partial charge in [0.15, 0.2) is 0 Å². The molecule has 0 radical (unpaired) electrons. The van der Waals surface area contributed by atoms with Gasteiger partial charge in [0.05, 0.1) is 12.2 Å². The number of ether oxygens (including phenoxy) is 1. The minimum absolute atomic E-state index is 0.0727. The lowest BCUT2D eigenvalue weighted by molar-refractivity contribution is -0.126. The molecule has 1 aliphatic rings. The summed E-state index contributed by atoms with van der Waals surface area (Å²) < 4.78 is 38.2. The maximum atomic E-state index is 12.5. The molecule has 2 amide bonds. The molecular weight excluding hydrogens is 362 g/mol. The summed E-state index contributed by atoms with van der Waals surface area (Å²) in [6.45, 7) is 5.26. The predicted octanol–water partition coefficient (Wildman–Crippen LogP) is 1.31. The standard InChI is InChI=1S/C16H23N3O6S/c1-16(2,3)25-15(21)19-9-11-7-12(18-26(22,23)24)6-5-10(11)8-13(19)14(20)17-4/h5-7,13,18H,8-9H2,1-4H3,(H,17,20)(H,22,23,24)/t13-/m0/s1. The van der Waals surface area contributed by atoms with E-state index in [4.69, 9.17) is 9.29 Å². The van der Waals surface area contributed by atoms with Crippen molar-refractivity contribution in [3.63, 3.8) is 0 Å². The molecule has 26 heavy (non-hydrogen) atoms. The molecule has 144 valence electrons. The van der Waals surface area contributed by atoms with Gasteiger partial charge in [0.25, 0.3) is 0 Å². The van der Waals surface area contributed by atoms with Crippen LogP contribution >= 0.6 is 0 Å². The molecule has 10 heteroatoms. The summed E-state index contributed by atoms with van der Waals surface area (Å²) >= 11 is 0. The van der Waals surface area contributed by atoms with E-state index in [0.29, 0.717) is 5.56 Å². The van der Waals surface area contributed by atoms with Crippen LogP contribution in [0.25, 0.3) is 0 Å². The molecule has 0 bridgehead atoms. The Morgan fingerprint density at radius 2 is 1.92 bits per heavy atom. The number of hydrogen-bond acceptors (Lipinski definition) is 5. The molecule has 1 aromatic carbocycles. The van der Waals surface area contributed by atoms with Crippen molar-refractivity contribution in [2.75, 3.05) is 11.8 Å². The van der Waals surface area contributed by atoms with Gasteiger partial charge in [0, 0.05) is 13.5 Å². The second-order valence-electron chi connectivity index (χ2n) is 7.00. The summed E-state index contributed by atoms with van der Waals surface area (Å²) in [4.78, 5) is 26.1. The third kappa shape index (κ3) is 5.09. The normalized spacial score (nSPS) is 17.3. The van der Waals surface area contributed by atoms with E-state index >= 15 is 0 Å². The number of rotatable bonds is 3. The van der Waals surface area contributed by atoms with Crippen molar-refractivity contribution in [2.45, 2.75) is 45.4 Å². The Bertz CT molecular complexity index is 816. The zero-order valence-corrected chi connectivity index (χ0v) is 15.9. The van der Waals surface area contributed by atoms with E-state index in [1.165, 1.54) is 24.1 Å². The van der Waals surface area contributed by atoms with Crippen LogP contribution in [0.3, 0.4) is 0 Å². The van der Waals surface area contributed by atoms with Gasteiger partial charge >= 0.3 is 16.4 Å². The third-order valence-corrected chi connectivity index (χ3v) is 4.25. The summed E-state index contributed by atoms with van der Waals surface area (Å²) in [7, 11) is -2.91. The average molecular weight is 385 g/mol. The Kier molecular flexibility index (Phi) is 5.47. The van der Waals surface area contributed by atoms with Gasteiger partial charge in [-0.3, -0.25) is 19.0 Å². The van der Waals surface area contributed by atoms with Crippen LogP contribution in [0.4, 0.5) is 10.5 Å².